The van der Waals surface area contributed by atoms with Gasteiger partial charge in [0, 0.05) is 61.6 Å². The van der Waals surface area contributed by atoms with Gasteiger partial charge in [-0.3, -0.25) is 34.1 Å². The number of anilines is 2. The summed E-state index contributed by atoms with van der Waals surface area (Å²) in [6, 6.07) is 12.7. The van der Waals surface area contributed by atoms with Crippen molar-refractivity contribution >= 4 is 58.7 Å². The fourth-order valence-corrected chi connectivity index (χ4v) is 9.70. The summed E-state index contributed by atoms with van der Waals surface area (Å²) in [6.07, 6.45) is 11.6. The molecule has 4 aliphatic heterocycles. The molecule has 0 radical (unpaired) electrons. The first-order valence-corrected chi connectivity index (χ1v) is 21.9. The Morgan fingerprint density at radius 2 is 1.65 bits per heavy atom. The zero-order chi connectivity index (χ0) is 41.9. The van der Waals surface area contributed by atoms with Gasteiger partial charge in [-0.05, 0) is 72.9 Å². The molecule has 316 valence electrons. The molecule has 3 N–H and O–H groups in total. The number of aryl methyl sites for hydroxylation is 1. The predicted molar refractivity (Wildman–Crippen MR) is 225 cm³/mol. The van der Waals surface area contributed by atoms with Crippen molar-refractivity contribution in [2.45, 2.75) is 127 Å². The standard InChI is InChI=1S/C45H53ClN8O6/c1-27-22-39(57)50-41-40(27)42(49-26-48-41)52-20-21-53(36-23-35(36)52)45(60)32(29-14-16-30(46)17-15-29)24-47-37(55)13-8-6-4-2-3-5-7-10-28-11-9-12-31-33(28)25-54(44(31)59)34-18-19-38(56)51-43(34)58/h9,11-12,14-17,26-27,32,34-36H,2-8,10,13,18-25H2,1H3,(H,47,55)(H,51,56,58)(H,48,49,50,57)/t27-,32-,34?,35+,36-/m1/s1. The zero-order valence-corrected chi connectivity index (χ0v) is 34.8. The van der Waals surface area contributed by atoms with Crippen LogP contribution in [0.2, 0.25) is 5.02 Å². The number of aromatic nitrogens is 2. The third-order valence-electron chi connectivity index (χ3n) is 12.9. The third-order valence-corrected chi connectivity index (χ3v) is 13.1. The highest BCUT2D eigenvalue weighted by atomic mass is 35.5. The number of piperazine rings is 1. The van der Waals surface area contributed by atoms with Crippen LogP contribution in [0.25, 0.3) is 0 Å². The molecule has 6 amide bonds. The highest BCUT2D eigenvalue weighted by Crippen LogP contribution is 2.44. The molecule has 14 nitrogen and oxygen atoms in total. The van der Waals surface area contributed by atoms with Crippen LogP contribution in [0.4, 0.5) is 11.6 Å². The quantitative estimate of drug-likeness (QED) is 0.126. The van der Waals surface area contributed by atoms with E-state index in [2.05, 4.69) is 36.9 Å². The maximum absolute atomic E-state index is 14.3. The van der Waals surface area contributed by atoms with E-state index in [1.54, 1.807) is 17.0 Å². The summed E-state index contributed by atoms with van der Waals surface area (Å²) in [5, 5.41) is 8.90. The van der Waals surface area contributed by atoms with Crippen LogP contribution in [-0.2, 0) is 36.9 Å². The number of benzene rings is 2. The van der Waals surface area contributed by atoms with Gasteiger partial charge >= 0.3 is 0 Å². The van der Waals surface area contributed by atoms with Crippen molar-refractivity contribution in [2.24, 2.45) is 0 Å². The Kier molecular flexibility index (Phi) is 12.5. The molecule has 1 saturated carbocycles. The summed E-state index contributed by atoms with van der Waals surface area (Å²) >= 11 is 6.21. The number of nitrogens with zero attached hydrogens (tertiary/aromatic N) is 5. The minimum atomic E-state index is -0.609. The zero-order valence-electron chi connectivity index (χ0n) is 34.1. The lowest BCUT2D eigenvalue weighted by Gasteiger charge is -2.38. The van der Waals surface area contributed by atoms with Gasteiger partial charge in [-0.1, -0.05) is 74.9 Å². The molecule has 1 aromatic heterocycles. The Bertz CT molecular complexity index is 2160. The maximum Gasteiger partial charge on any atom is 0.255 e. The summed E-state index contributed by atoms with van der Waals surface area (Å²) in [4.78, 5) is 91.5. The van der Waals surface area contributed by atoms with Crippen molar-refractivity contribution in [3.05, 3.63) is 81.6 Å². The smallest absolute Gasteiger partial charge is 0.255 e. The van der Waals surface area contributed by atoms with Crippen molar-refractivity contribution in [2.75, 3.05) is 29.9 Å². The van der Waals surface area contributed by atoms with Gasteiger partial charge in [-0.15, -0.1) is 0 Å². The second-order valence-corrected chi connectivity index (χ2v) is 17.4. The fourth-order valence-electron chi connectivity index (χ4n) is 9.57. The van der Waals surface area contributed by atoms with E-state index < -0.39 is 17.9 Å². The van der Waals surface area contributed by atoms with E-state index in [0.717, 1.165) is 85.9 Å². The van der Waals surface area contributed by atoms with Gasteiger partial charge in [0.25, 0.3) is 5.91 Å². The van der Waals surface area contributed by atoms with Crippen LogP contribution in [0, 0.1) is 0 Å². The summed E-state index contributed by atoms with van der Waals surface area (Å²) in [6.45, 7) is 3.77. The van der Waals surface area contributed by atoms with Crippen molar-refractivity contribution in [3.8, 4) is 0 Å². The number of piperidine rings is 1. The molecule has 0 bridgehead atoms. The van der Waals surface area contributed by atoms with Crippen molar-refractivity contribution in [1.82, 2.24) is 30.4 Å². The third kappa shape index (κ3) is 8.89. The highest BCUT2D eigenvalue weighted by Gasteiger charge is 2.53. The minimum Gasteiger partial charge on any atom is -0.355 e. The normalized spacial score (nSPS) is 22.4. The van der Waals surface area contributed by atoms with Gasteiger partial charge in [-0.2, -0.15) is 0 Å². The molecule has 3 fully saturated rings. The molecule has 8 rings (SSSR count). The highest BCUT2D eigenvalue weighted by molar-refractivity contribution is 6.30. The average molecular weight is 837 g/mol. The SMILES string of the molecule is C[C@@H]1CC(=O)Nc2ncnc(N3CCN(C(=O)[C@H](CNC(=O)CCCCCCCCCc4cccc5c4CN(C4CCC(=O)NC4=O)C5=O)c4ccc(Cl)cc4)[C@@H]4C[C@@H]43)c21. The van der Waals surface area contributed by atoms with Crippen molar-refractivity contribution in [1.29, 1.82) is 0 Å². The van der Waals surface area contributed by atoms with E-state index >= 15 is 0 Å². The maximum atomic E-state index is 14.3. The van der Waals surface area contributed by atoms with Crippen molar-refractivity contribution < 1.29 is 28.8 Å². The summed E-state index contributed by atoms with van der Waals surface area (Å²) in [5.74, 6) is -0.0671. The van der Waals surface area contributed by atoms with E-state index in [1.165, 1.54) is 6.33 Å². The Morgan fingerprint density at radius 1 is 0.883 bits per heavy atom. The number of hydrogen-bond donors (Lipinski definition) is 3. The molecule has 5 aliphatic rings. The van der Waals surface area contributed by atoms with E-state index in [-0.39, 0.29) is 60.5 Å². The molecule has 5 heterocycles. The van der Waals surface area contributed by atoms with Gasteiger partial charge in [0.2, 0.25) is 29.5 Å². The number of halogens is 1. The van der Waals surface area contributed by atoms with Crippen LogP contribution in [0.1, 0.15) is 128 Å². The number of hydrogen-bond acceptors (Lipinski definition) is 9. The lowest BCUT2D eigenvalue weighted by Crippen LogP contribution is -2.52. The topological polar surface area (TPSA) is 174 Å². The van der Waals surface area contributed by atoms with Crippen LogP contribution in [-0.4, -0.2) is 93.0 Å². The van der Waals surface area contributed by atoms with Gasteiger partial charge in [0.05, 0.1) is 18.0 Å². The number of amides is 6. The largest absolute Gasteiger partial charge is 0.355 e. The lowest BCUT2D eigenvalue weighted by molar-refractivity contribution is -0.137. The van der Waals surface area contributed by atoms with Gasteiger partial charge in [0.15, 0.2) is 0 Å². The molecule has 60 heavy (non-hydrogen) atoms. The van der Waals surface area contributed by atoms with Gasteiger partial charge in [-0.25, -0.2) is 9.97 Å². The molecular weight excluding hydrogens is 784 g/mol. The Labute approximate surface area is 355 Å². The Hall–Kier alpha value is -5.37. The molecule has 15 heteroatoms. The van der Waals surface area contributed by atoms with Gasteiger partial charge < -0.3 is 25.3 Å². The molecule has 0 spiro atoms. The first-order chi connectivity index (χ1) is 29.1. The van der Waals surface area contributed by atoms with E-state index in [1.807, 2.05) is 36.1 Å². The fraction of sp³-hybridized carbons (Fsp3) is 0.511. The van der Waals surface area contributed by atoms with E-state index in [0.29, 0.717) is 55.3 Å². The first kappa shape index (κ1) is 41.4. The molecular formula is C45H53ClN8O6. The number of imide groups is 1. The van der Waals surface area contributed by atoms with Crippen molar-refractivity contribution in [3.63, 3.8) is 0 Å². The average Bonchev–Trinajstić information content (AvgIpc) is 3.97. The van der Waals surface area contributed by atoms with Gasteiger partial charge in [0.1, 0.15) is 24.0 Å². The van der Waals surface area contributed by atoms with Crippen LogP contribution in [0.3, 0.4) is 0 Å². The number of carbonyl (C=O) groups is 6. The van der Waals surface area contributed by atoms with E-state index in [4.69, 9.17) is 11.6 Å². The molecule has 5 atom stereocenters. The lowest BCUT2D eigenvalue weighted by atomic mass is 9.94. The van der Waals surface area contributed by atoms with Crippen LogP contribution in [0.5, 0.6) is 0 Å². The number of unbranched alkanes of at least 4 members (excludes halogenated alkanes) is 6. The number of nitrogens with one attached hydrogen (secondary N) is 3. The van der Waals surface area contributed by atoms with Crippen LogP contribution in [0.15, 0.2) is 48.8 Å². The Balaban J connectivity index is 0.759. The molecule has 2 saturated heterocycles. The second-order valence-electron chi connectivity index (χ2n) is 16.9. The summed E-state index contributed by atoms with van der Waals surface area (Å²) in [5.41, 5.74) is 4.57. The molecule has 1 unspecified atom stereocenters. The monoisotopic (exact) mass is 836 g/mol. The number of rotatable bonds is 16. The first-order valence-electron chi connectivity index (χ1n) is 21.6. The molecule has 2 aromatic carbocycles. The van der Waals surface area contributed by atoms with Crippen LogP contribution >= 0.6 is 11.6 Å². The van der Waals surface area contributed by atoms with Crippen LogP contribution < -0.4 is 20.9 Å². The molecule has 1 aliphatic carbocycles. The second kappa shape index (κ2) is 18.1. The number of fused-ring (bicyclic) bond motifs is 3. The van der Waals surface area contributed by atoms with E-state index in [9.17, 15) is 28.8 Å². The molecule has 3 aromatic rings. The summed E-state index contributed by atoms with van der Waals surface area (Å²) < 4.78 is 0. The summed E-state index contributed by atoms with van der Waals surface area (Å²) in [7, 11) is 0. The number of carbonyl (C=O) groups excluding carboxylic acids is 6. The Morgan fingerprint density at radius 3 is 2.43 bits per heavy atom. The predicted octanol–water partition coefficient (Wildman–Crippen LogP) is 5.39. The minimum absolute atomic E-state index is 0.00234.